The second-order valence-corrected chi connectivity index (χ2v) is 4.62. The molecular formula is C13H18N2O3. The first kappa shape index (κ1) is 12.7. The van der Waals surface area contributed by atoms with Crippen molar-refractivity contribution >= 4 is 6.03 Å². The Morgan fingerprint density at radius 1 is 1.39 bits per heavy atom. The molecule has 1 aliphatic carbocycles. The van der Waals surface area contributed by atoms with Crippen LogP contribution >= 0.6 is 0 Å². The van der Waals surface area contributed by atoms with Crippen LogP contribution in [0, 0.1) is 0 Å². The maximum atomic E-state index is 10.9. The summed E-state index contributed by atoms with van der Waals surface area (Å²) in [4.78, 5) is 10.9. The van der Waals surface area contributed by atoms with Gasteiger partial charge in [-0.1, -0.05) is 12.1 Å². The van der Waals surface area contributed by atoms with Gasteiger partial charge in [0.05, 0.1) is 13.2 Å². The van der Waals surface area contributed by atoms with E-state index in [1.54, 1.807) is 7.11 Å². The van der Waals surface area contributed by atoms with Crippen molar-refractivity contribution < 1.29 is 14.7 Å². The van der Waals surface area contributed by atoms with E-state index in [-0.39, 0.29) is 6.04 Å². The summed E-state index contributed by atoms with van der Waals surface area (Å²) in [6, 6.07) is 6.95. The number of rotatable bonds is 3. The number of methoxy groups -OCH3 is 1. The molecule has 3 N–H and O–H groups in total. The topological polar surface area (TPSA) is 75.8 Å². The van der Waals surface area contributed by atoms with Gasteiger partial charge in [-0.05, 0) is 42.9 Å². The first-order chi connectivity index (χ1) is 8.61. The fraction of sp³-hybridized carbons (Fsp3) is 0.462. The molecule has 2 amide bonds. The summed E-state index contributed by atoms with van der Waals surface area (Å²) in [5.41, 5.74) is 6.26. The molecule has 18 heavy (non-hydrogen) atoms. The molecule has 0 radical (unpaired) electrons. The fourth-order valence-electron chi connectivity index (χ4n) is 2.54. The number of benzene rings is 1. The Morgan fingerprint density at radius 3 is 2.61 bits per heavy atom. The van der Waals surface area contributed by atoms with Crippen LogP contribution in [0.5, 0.6) is 5.75 Å². The molecule has 5 heteroatoms. The fourth-order valence-corrected chi connectivity index (χ4v) is 2.54. The minimum Gasteiger partial charge on any atom is -0.497 e. The number of urea groups is 1. The second kappa shape index (κ2) is 5.27. The highest BCUT2D eigenvalue weighted by atomic mass is 16.5. The van der Waals surface area contributed by atoms with Crippen LogP contribution in [0.1, 0.15) is 30.7 Å². The Morgan fingerprint density at radius 2 is 2.06 bits per heavy atom. The third-order valence-corrected chi connectivity index (χ3v) is 3.56. The van der Waals surface area contributed by atoms with Gasteiger partial charge >= 0.3 is 6.03 Å². The third kappa shape index (κ3) is 2.56. The van der Waals surface area contributed by atoms with Crippen LogP contribution in [-0.2, 0) is 0 Å². The van der Waals surface area contributed by atoms with Crippen molar-refractivity contribution in [3.8, 4) is 5.75 Å². The number of hydroxylamine groups is 2. The molecule has 1 fully saturated rings. The molecular weight excluding hydrogens is 232 g/mol. The minimum atomic E-state index is -0.782. The van der Waals surface area contributed by atoms with Crippen molar-refractivity contribution in [2.45, 2.75) is 31.2 Å². The predicted octanol–water partition coefficient (Wildman–Crippen LogP) is 2.10. The maximum absolute atomic E-state index is 10.9. The Balaban J connectivity index is 2.01. The largest absolute Gasteiger partial charge is 0.497 e. The van der Waals surface area contributed by atoms with E-state index in [9.17, 15) is 10.0 Å². The molecule has 2 rings (SSSR count). The SMILES string of the molecule is COc1ccc([C@H]2CC[C@@H](N(O)C(N)=O)C2)cc1. The van der Waals surface area contributed by atoms with Gasteiger partial charge < -0.3 is 10.5 Å². The zero-order valence-corrected chi connectivity index (χ0v) is 10.4. The molecule has 1 saturated carbocycles. The van der Waals surface area contributed by atoms with Gasteiger partial charge in [0, 0.05) is 0 Å². The lowest BCUT2D eigenvalue weighted by Crippen LogP contribution is -2.39. The molecule has 0 unspecified atom stereocenters. The van der Waals surface area contributed by atoms with Crippen LogP contribution in [0.25, 0.3) is 0 Å². The summed E-state index contributed by atoms with van der Waals surface area (Å²) in [7, 11) is 1.64. The smallest absolute Gasteiger partial charge is 0.338 e. The van der Waals surface area contributed by atoms with Gasteiger partial charge in [0.2, 0.25) is 0 Å². The van der Waals surface area contributed by atoms with Crippen LogP contribution < -0.4 is 10.5 Å². The molecule has 0 aliphatic heterocycles. The van der Waals surface area contributed by atoms with Crippen molar-refractivity contribution in [2.75, 3.05) is 7.11 Å². The van der Waals surface area contributed by atoms with Crippen LogP contribution in [-0.4, -0.2) is 29.5 Å². The second-order valence-electron chi connectivity index (χ2n) is 4.62. The summed E-state index contributed by atoms with van der Waals surface area (Å²) in [5, 5.41) is 10.2. The first-order valence-electron chi connectivity index (χ1n) is 6.03. The van der Waals surface area contributed by atoms with E-state index >= 15 is 0 Å². The zero-order valence-electron chi connectivity index (χ0n) is 10.4. The van der Waals surface area contributed by atoms with E-state index < -0.39 is 6.03 Å². The van der Waals surface area contributed by atoms with Crippen LogP contribution in [0.2, 0.25) is 0 Å². The van der Waals surface area contributed by atoms with Crippen molar-refractivity contribution in [1.82, 2.24) is 5.06 Å². The Kier molecular flexibility index (Phi) is 3.72. The lowest BCUT2D eigenvalue weighted by atomic mass is 9.97. The maximum Gasteiger partial charge on any atom is 0.338 e. The summed E-state index contributed by atoms with van der Waals surface area (Å²) in [6.07, 6.45) is 2.46. The lowest BCUT2D eigenvalue weighted by molar-refractivity contribution is -0.0730. The minimum absolute atomic E-state index is 0.172. The van der Waals surface area contributed by atoms with Gasteiger partial charge in [-0.25, -0.2) is 9.86 Å². The molecule has 0 bridgehead atoms. The molecule has 1 aromatic rings. The summed E-state index contributed by atoms with van der Waals surface area (Å²) < 4.78 is 5.11. The predicted molar refractivity (Wildman–Crippen MR) is 66.6 cm³/mol. The monoisotopic (exact) mass is 250 g/mol. The number of nitrogens with zero attached hydrogens (tertiary/aromatic N) is 1. The highest BCUT2D eigenvalue weighted by Gasteiger charge is 2.31. The first-order valence-corrected chi connectivity index (χ1v) is 6.03. The normalized spacial score (nSPS) is 22.8. The van der Waals surface area contributed by atoms with Gasteiger partial charge in [0.25, 0.3) is 0 Å². The number of carbonyl (C=O) groups is 1. The lowest BCUT2D eigenvalue weighted by Gasteiger charge is -2.20. The number of nitrogens with two attached hydrogens (primary N) is 1. The molecule has 1 aliphatic rings. The van der Waals surface area contributed by atoms with Gasteiger partial charge in [-0.3, -0.25) is 5.21 Å². The molecule has 5 nitrogen and oxygen atoms in total. The Hall–Kier alpha value is -1.75. The van der Waals surface area contributed by atoms with Crippen LogP contribution in [0.3, 0.4) is 0 Å². The Bertz CT molecular complexity index is 419. The number of primary amides is 1. The molecule has 2 atom stereocenters. The quantitative estimate of drug-likeness (QED) is 0.637. The summed E-state index contributed by atoms with van der Waals surface area (Å²) >= 11 is 0. The number of amides is 2. The average Bonchev–Trinajstić information content (AvgIpc) is 2.87. The molecule has 0 spiro atoms. The highest BCUT2D eigenvalue weighted by Crippen LogP contribution is 2.36. The number of ether oxygens (including phenoxy) is 1. The average molecular weight is 250 g/mol. The van der Waals surface area contributed by atoms with Gasteiger partial charge in [-0.2, -0.15) is 0 Å². The highest BCUT2D eigenvalue weighted by molar-refractivity contribution is 5.70. The zero-order chi connectivity index (χ0) is 13.1. The molecule has 0 saturated heterocycles. The van der Waals surface area contributed by atoms with E-state index in [0.717, 1.165) is 25.0 Å². The van der Waals surface area contributed by atoms with Crippen molar-refractivity contribution in [2.24, 2.45) is 5.73 Å². The molecule has 0 aromatic heterocycles. The summed E-state index contributed by atoms with van der Waals surface area (Å²) in [5.74, 6) is 1.18. The van der Waals surface area contributed by atoms with Crippen molar-refractivity contribution in [3.63, 3.8) is 0 Å². The van der Waals surface area contributed by atoms with E-state index in [4.69, 9.17) is 10.5 Å². The third-order valence-electron chi connectivity index (χ3n) is 3.56. The van der Waals surface area contributed by atoms with Crippen LogP contribution in [0.4, 0.5) is 4.79 Å². The summed E-state index contributed by atoms with van der Waals surface area (Å²) in [6.45, 7) is 0. The number of hydrogen-bond acceptors (Lipinski definition) is 3. The standard InChI is InChI=1S/C13H18N2O3/c1-18-12-6-3-9(4-7-12)10-2-5-11(8-10)15(17)13(14)16/h3-4,6-7,10-11,17H,2,5,8H2,1H3,(H2,14,16)/t10-,11+/m0/s1. The number of hydrogen-bond donors (Lipinski definition) is 2. The van der Waals surface area contributed by atoms with E-state index in [0.29, 0.717) is 11.0 Å². The van der Waals surface area contributed by atoms with Crippen LogP contribution in [0.15, 0.2) is 24.3 Å². The Labute approximate surface area is 106 Å². The van der Waals surface area contributed by atoms with E-state index in [1.165, 1.54) is 5.56 Å². The van der Waals surface area contributed by atoms with Crippen molar-refractivity contribution in [1.29, 1.82) is 0 Å². The molecule has 1 aromatic carbocycles. The number of carbonyl (C=O) groups excluding carboxylic acids is 1. The van der Waals surface area contributed by atoms with E-state index in [1.807, 2.05) is 24.3 Å². The van der Waals surface area contributed by atoms with Crippen molar-refractivity contribution in [3.05, 3.63) is 29.8 Å². The van der Waals surface area contributed by atoms with Gasteiger partial charge in [0.15, 0.2) is 0 Å². The molecule has 98 valence electrons. The van der Waals surface area contributed by atoms with Gasteiger partial charge in [0.1, 0.15) is 5.75 Å². The van der Waals surface area contributed by atoms with Gasteiger partial charge in [-0.15, -0.1) is 0 Å². The molecule has 0 heterocycles. The van der Waals surface area contributed by atoms with E-state index in [2.05, 4.69) is 0 Å².